The van der Waals surface area contributed by atoms with Gasteiger partial charge in [-0.3, -0.25) is 14.3 Å². The normalized spacial score (nSPS) is 22.8. The Morgan fingerprint density at radius 2 is 1.85 bits per heavy atom. The number of alkyl halides is 3. The van der Waals surface area contributed by atoms with Gasteiger partial charge in [-0.25, -0.2) is 19.3 Å². The lowest BCUT2D eigenvalue weighted by molar-refractivity contribution is -0.137. The van der Waals surface area contributed by atoms with Crippen LogP contribution in [0.1, 0.15) is 48.1 Å². The summed E-state index contributed by atoms with van der Waals surface area (Å²) >= 11 is 0. The third kappa shape index (κ3) is 3.57. The van der Waals surface area contributed by atoms with Crippen LogP contribution < -0.4 is 4.90 Å². The van der Waals surface area contributed by atoms with Crippen LogP contribution in [0.3, 0.4) is 0 Å². The molecule has 1 aliphatic carbocycles. The van der Waals surface area contributed by atoms with E-state index in [0.29, 0.717) is 18.1 Å². The minimum absolute atomic E-state index is 0.0375. The Morgan fingerprint density at radius 1 is 1.06 bits per heavy atom. The topological polar surface area (TPSA) is 63.9 Å². The van der Waals surface area contributed by atoms with Crippen LogP contribution in [0.5, 0.6) is 0 Å². The largest absolute Gasteiger partial charge is 0.416 e. The predicted octanol–water partition coefficient (Wildman–Crippen LogP) is 4.94. The molecule has 1 saturated carbocycles. The highest BCUT2D eigenvalue weighted by Crippen LogP contribution is 2.51. The number of pyridine rings is 2. The Kier molecular flexibility index (Phi) is 4.98. The Balaban J connectivity index is 1.65. The summed E-state index contributed by atoms with van der Waals surface area (Å²) in [6.07, 6.45) is 0.914. The van der Waals surface area contributed by atoms with Crippen molar-refractivity contribution in [2.24, 2.45) is 11.8 Å². The number of aromatic nitrogens is 4. The fourth-order valence-electron chi connectivity index (χ4n) is 5.07. The van der Waals surface area contributed by atoms with E-state index in [1.54, 1.807) is 23.9 Å². The van der Waals surface area contributed by atoms with Crippen molar-refractivity contribution in [1.29, 1.82) is 0 Å². The third-order valence-corrected chi connectivity index (χ3v) is 6.51. The molecule has 0 aromatic carbocycles. The standard InChI is InChI=1S/C23H21F4N5O/c1-12-10-14(23(25,26)27)11-19(29-12)32-20(15-4-3-5-16(15)22(32)33)21-28-8-9-31(21)18-7-6-17(24)13(2)30-18/h6-11,15-16,20H,3-5H2,1-2H3. The Labute approximate surface area is 187 Å². The second-order valence-electron chi connectivity index (χ2n) is 8.60. The quantitative estimate of drug-likeness (QED) is 0.521. The molecule has 0 radical (unpaired) electrons. The molecule has 1 amide bonds. The van der Waals surface area contributed by atoms with Crippen LogP contribution in [-0.4, -0.2) is 25.4 Å². The zero-order valence-corrected chi connectivity index (χ0v) is 18.0. The zero-order valence-electron chi connectivity index (χ0n) is 18.0. The highest BCUT2D eigenvalue weighted by molar-refractivity contribution is 5.98. The van der Waals surface area contributed by atoms with Crippen molar-refractivity contribution >= 4 is 11.7 Å². The average molecular weight is 459 g/mol. The van der Waals surface area contributed by atoms with Crippen LogP contribution >= 0.6 is 0 Å². The van der Waals surface area contributed by atoms with Gasteiger partial charge in [0.1, 0.15) is 29.3 Å². The highest BCUT2D eigenvalue weighted by atomic mass is 19.4. The molecule has 3 unspecified atom stereocenters. The molecular formula is C23H21F4N5O. The molecule has 1 aliphatic heterocycles. The van der Waals surface area contributed by atoms with E-state index in [-0.39, 0.29) is 34.9 Å². The van der Waals surface area contributed by atoms with Gasteiger partial charge in [0.2, 0.25) is 5.91 Å². The molecule has 5 rings (SSSR count). The molecule has 4 heterocycles. The van der Waals surface area contributed by atoms with Gasteiger partial charge >= 0.3 is 6.18 Å². The van der Waals surface area contributed by atoms with E-state index in [1.165, 1.54) is 24.0 Å². The van der Waals surface area contributed by atoms with Crippen LogP contribution in [0.25, 0.3) is 5.82 Å². The molecule has 0 bridgehead atoms. The van der Waals surface area contributed by atoms with E-state index >= 15 is 0 Å². The Morgan fingerprint density at radius 3 is 2.58 bits per heavy atom. The first kappa shape index (κ1) is 21.5. The molecule has 172 valence electrons. The second kappa shape index (κ2) is 7.64. The SMILES string of the molecule is Cc1cc(C(F)(F)F)cc(N2C(=O)C3CCCC3C2c2nccn2-c2ccc(F)c(C)n2)n1. The fourth-order valence-corrected chi connectivity index (χ4v) is 5.07. The van der Waals surface area contributed by atoms with Gasteiger partial charge in [0, 0.05) is 24.0 Å². The summed E-state index contributed by atoms with van der Waals surface area (Å²) in [6, 6.07) is 4.09. The number of hydrogen-bond donors (Lipinski definition) is 0. The molecule has 33 heavy (non-hydrogen) atoms. The predicted molar refractivity (Wildman–Crippen MR) is 111 cm³/mol. The number of aryl methyl sites for hydroxylation is 2. The molecule has 0 spiro atoms. The molecule has 2 fully saturated rings. The fraction of sp³-hybridized carbons (Fsp3) is 0.391. The monoisotopic (exact) mass is 459 g/mol. The summed E-state index contributed by atoms with van der Waals surface area (Å²) in [5, 5.41) is 0. The first-order valence-corrected chi connectivity index (χ1v) is 10.7. The van der Waals surface area contributed by atoms with Gasteiger partial charge in [-0.15, -0.1) is 0 Å². The van der Waals surface area contributed by atoms with Crippen LogP contribution in [0.2, 0.25) is 0 Å². The number of hydrogen-bond acceptors (Lipinski definition) is 4. The Bertz CT molecular complexity index is 1240. The summed E-state index contributed by atoms with van der Waals surface area (Å²) in [5.74, 6) is -0.262. The first-order valence-electron chi connectivity index (χ1n) is 10.7. The van der Waals surface area contributed by atoms with Crippen molar-refractivity contribution < 1.29 is 22.4 Å². The first-order chi connectivity index (χ1) is 15.6. The number of anilines is 1. The summed E-state index contributed by atoms with van der Waals surface area (Å²) in [4.78, 5) is 27.8. The number of carbonyl (C=O) groups is 1. The van der Waals surface area contributed by atoms with E-state index in [0.717, 1.165) is 25.0 Å². The molecule has 0 N–H and O–H groups in total. The van der Waals surface area contributed by atoms with Gasteiger partial charge in [-0.1, -0.05) is 6.42 Å². The van der Waals surface area contributed by atoms with E-state index in [9.17, 15) is 22.4 Å². The van der Waals surface area contributed by atoms with Crippen LogP contribution in [0.15, 0.2) is 36.7 Å². The average Bonchev–Trinajstić information content (AvgIpc) is 3.46. The minimum atomic E-state index is -4.56. The molecule has 3 atom stereocenters. The third-order valence-electron chi connectivity index (χ3n) is 6.51. The molecule has 6 nitrogen and oxygen atoms in total. The van der Waals surface area contributed by atoms with E-state index in [1.807, 2.05) is 0 Å². The van der Waals surface area contributed by atoms with Gasteiger partial charge in [-0.05, 0) is 56.9 Å². The van der Waals surface area contributed by atoms with Crippen LogP contribution in [-0.2, 0) is 11.0 Å². The van der Waals surface area contributed by atoms with E-state index in [4.69, 9.17) is 0 Å². The number of amides is 1. The number of carbonyl (C=O) groups excluding carboxylic acids is 1. The summed E-state index contributed by atoms with van der Waals surface area (Å²) < 4.78 is 56.0. The molecule has 3 aromatic heterocycles. The lowest BCUT2D eigenvalue weighted by Crippen LogP contribution is -2.33. The number of rotatable bonds is 3. The van der Waals surface area contributed by atoms with E-state index in [2.05, 4.69) is 15.0 Å². The Hall–Kier alpha value is -3.30. The van der Waals surface area contributed by atoms with Gasteiger partial charge in [-0.2, -0.15) is 13.2 Å². The molecule has 2 aliphatic rings. The number of fused-ring (bicyclic) bond motifs is 1. The summed E-state index contributed by atoms with van der Waals surface area (Å²) in [6.45, 7) is 3.02. The van der Waals surface area contributed by atoms with Crippen LogP contribution in [0, 0.1) is 31.5 Å². The summed E-state index contributed by atoms with van der Waals surface area (Å²) in [7, 11) is 0. The molecule has 3 aromatic rings. The molecular weight excluding hydrogens is 438 g/mol. The van der Waals surface area contributed by atoms with Crippen molar-refractivity contribution in [3.63, 3.8) is 0 Å². The van der Waals surface area contributed by atoms with Gasteiger partial charge in [0.25, 0.3) is 0 Å². The number of imidazole rings is 1. The van der Waals surface area contributed by atoms with Crippen LogP contribution in [0.4, 0.5) is 23.4 Å². The second-order valence-corrected chi connectivity index (χ2v) is 8.60. The van der Waals surface area contributed by atoms with E-state index < -0.39 is 23.6 Å². The van der Waals surface area contributed by atoms with Crippen molar-refractivity contribution in [3.05, 3.63) is 65.3 Å². The molecule has 1 saturated heterocycles. The van der Waals surface area contributed by atoms with Crippen molar-refractivity contribution in [1.82, 2.24) is 19.5 Å². The highest BCUT2D eigenvalue weighted by Gasteiger charge is 2.53. The number of nitrogens with zero attached hydrogens (tertiary/aromatic N) is 5. The molecule has 10 heteroatoms. The zero-order chi connectivity index (χ0) is 23.5. The van der Waals surface area contributed by atoms with Gasteiger partial charge in [0.15, 0.2) is 0 Å². The maximum Gasteiger partial charge on any atom is 0.416 e. The maximum atomic E-state index is 13.8. The minimum Gasteiger partial charge on any atom is -0.286 e. The van der Waals surface area contributed by atoms with Crippen molar-refractivity contribution in [2.45, 2.75) is 45.3 Å². The van der Waals surface area contributed by atoms with Crippen molar-refractivity contribution in [3.8, 4) is 5.82 Å². The van der Waals surface area contributed by atoms with Crippen molar-refractivity contribution in [2.75, 3.05) is 4.90 Å². The maximum absolute atomic E-state index is 13.8. The number of halogens is 4. The lowest BCUT2D eigenvalue weighted by atomic mass is 9.93. The lowest BCUT2D eigenvalue weighted by Gasteiger charge is -2.28. The summed E-state index contributed by atoms with van der Waals surface area (Å²) in [5.41, 5.74) is -0.476. The smallest absolute Gasteiger partial charge is 0.286 e. The van der Waals surface area contributed by atoms with Gasteiger partial charge in [0.05, 0.1) is 11.3 Å². The van der Waals surface area contributed by atoms with Gasteiger partial charge < -0.3 is 0 Å².